The fourth-order valence-corrected chi connectivity index (χ4v) is 2.27. The van der Waals surface area contributed by atoms with Crippen LogP contribution in [-0.2, 0) is 4.79 Å². The summed E-state index contributed by atoms with van der Waals surface area (Å²) < 4.78 is 0. The highest BCUT2D eigenvalue weighted by molar-refractivity contribution is 5.77. The molecule has 1 saturated heterocycles. The van der Waals surface area contributed by atoms with Crippen molar-refractivity contribution in [2.24, 2.45) is 17.7 Å². The van der Waals surface area contributed by atoms with Gasteiger partial charge in [-0.25, -0.2) is 5.84 Å². The lowest BCUT2D eigenvalue weighted by Gasteiger charge is -2.40. The number of nitrogens with zero attached hydrogens (tertiary/aromatic N) is 1. The lowest BCUT2D eigenvalue weighted by molar-refractivity contribution is -0.123. The molecule has 3 N–H and O–H groups in total. The maximum absolute atomic E-state index is 11.2. The van der Waals surface area contributed by atoms with E-state index in [2.05, 4.69) is 31.1 Å². The molecule has 0 aromatic rings. The number of hydrogen-bond donors (Lipinski definition) is 2. The Hall–Kier alpha value is -0.610. The van der Waals surface area contributed by atoms with Gasteiger partial charge >= 0.3 is 0 Å². The summed E-state index contributed by atoms with van der Waals surface area (Å²) in [6.45, 7) is 8.08. The molecule has 1 aliphatic rings. The smallest absolute Gasteiger partial charge is 0.248 e. The highest BCUT2D eigenvalue weighted by atomic mass is 16.2. The first-order valence-corrected chi connectivity index (χ1v) is 5.28. The summed E-state index contributed by atoms with van der Waals surface area (Å²) >= 11 is 0. The zero-order chi connectivity index (χ0) is 10.7. The molecule has 0 spiro atoms. The van der Waals surface area contributed by atoms with Crippen LogP contribution in [0.1, 0.15) is 27.2 Å². The van der Waals surface area contributed by atoms with Gasteiger partial charge in [-0.15, -0.1) is 0 Å². The van der Waals surface area contributed by atoms with E-state index in [1.807, 2.05) is 0 Å². The third kappa shape index (κ3) is 2.69. The molecule has 14 heavy (non-hydrogen) atoms. The fourth-order valence-electron chi connectivity index (χ4n) is 2.27. The minimum atomic E-state index is -0.0989. The van der Waals surface area contributed by atoms with Crippen molar-refractivity contribution in [3.8, 4) is 0 Å². The largest absolute Gasteiger partial charge is 0.293 e. The van der Waals surface area contributed by atoms with E-state index in [0.29, 0.717) is 24.4 Å². The van der Waals surface area contributed by atoms with Crippen LogP contribution in [0, 0.1) is 11.8 Å². The van der Waals surface area contributed by atoms with Crippen molar-refractivity contribution in [1.82, 2.24) is 10.3 Å². The minimum absolute atomic E-state index is 0.0989. The van der Waals surface area contributed by atoms with Gasteiger partial charge in [0.05, 0.1) is 6.54 Å². The lowest BCUT2D eigenvalue weighted by Crippen LogP contribution is -2.50. The number of carbonyl (C=O) groups is 1. The van der Waals surface area contributed by atoms with Crippen molar-refractivity contribution in [1.29, 1.82) is 0 Å². The van der Waals surface area contributed by atoms with Crippen molar-refractivity contribution in [2.45, 2.75) is 33.2 Å². The van der Waals surface area contributed by atoms with Gasteiger partial charge < -0.3 is 0 Å². The average molecular weight is 199 g/mol. The third-order valence-electron chi connectivity index (χ3n) is 3.23. The van der Waals surface area contributed by atoms with Gasteiger partial charge in [-0.05, 0) is 25.2 Å². The molecule has 3 atom stereocenters. The molecular weight excluding hydrogens is 178 g/mol. The van der Waals surface area contributed by atoms with Crippen LogP contribution in [0.2, 0.25) is 0 Å². The van der Waals surface area contributed by atoms with Crippen LogP contribution >= 0.6 is 0 Å². The Morgan fingerprint density at radius 1 is 1.50 bits per heavy atom. The first kappa shape index (κ1) is 11.5. The molecule has 0 bridgehead atoms. The second-order valence-electron chi connectivity index (χ2n) is 4.56. The molecule has 1 heterocycles. The van der Waals surface area contributed by atoms with Gasteiger partial charge in [0.2, 0.25) is 5.91 Å². The van der Waals surface area contributed by atoms with E-state index < -0.39 is 0 Å². The predicted molar refractivity (Wildman–Crippen MR) is 56.3 cm³/mol. The van der Waals surface area contributed by atoms with E-state index in [1.165, 1.54) is 6.42 Å². The van der Waals surface area contributed by atoms with Crippen LogP contribution < -0.4 is 11.3 Å². The fraction of sp³-hybridized carbons (Fsp3) is 0.900. The van der Waals surface area contributed by atoms with Crippen LogP contribution in [0.25, 0.3) is 0 Å². The Morgan fingerprint density at radius 3 is 2.71 bits per heavy atom. The molecule has 1 aliphatic heterocycles. The van der Waals surface area contributed by atoms with Gasteiger partial charge in [0, 0.05) is 12.6 Å². The number of piperidine rings is 1. The Morgan fingerprint density at radius 2 is 2.14 bits per heavy atom. The molecule has 1 rings (SSSR count). The second-order valence-corrected chi connectivity index (χ2v) is 4.56. The van der Waals surface area contributed by atoms with Crippen LogP contribution in [-0.4, -0.2) is 29.9 Å². The number of hydrazine groups is 1. The van der Waals surface area contributed by atoms with Gasteiger partial charge in [-0.2, -0.15) is 0 Å². The molecule has 1 fully saturated rings. The zero-order valence-electron chi connectivity index (χ0n) is 9.29. The molecule has 3 unspecified atom stereocenters. The molecule has 0 radical (unpaired) electrons. The number of carbonyl (C=O) groups excluding carboxylic acids is 1. The zero-order valence-corrected chi connectivity index (χ0v) is 9.29. The SMILES string of the molecule is CC1CC(C)C(C)N(CC(=O)NN)C1. The Labute approximate surface area is 85.8 Å². The Bertz CT molecular complexity index is 208. The number of likely N-dealkylation sites (tertiary alicyclic amines) is 1. The summed E-state index contributed by atoms with van der Waals surface area (Å²) in [5.41, 5.74) is 2.18. The molecule has 82 valence electrons. The van der Waals surface area contributed by atoms with Crippen LogP contribution in [0.4, 0.5) is 0 Å². The van der Waals surface area contributed by atoms with Crippen molar-refractivity contribution < 1.29 is 4.79 Å². The first-order chi connectivity index (χ1) is 6.54. The summed E-state index contributed by atoms with van der Waals surface area (Å²) in [4.78, 5) is 13.4. The number of nitrogens with one attached hydrogen (secondary N) is 1. The standard InChI is InChI=1S/C10H21N3O/c1-7-4-8(2)9(3)13(5-7)6-10(14)12-11/h7-9H,4-6,11H2,1-3H3,(H,12,14). The van der Waals surface area contributed by atoms with Gasteiger partial charge in [0.25, 0.3) is 0 Å². The normalized spacial score (nSPS) is 34.1. The summed E-state index contributed by atoms with van der Waals surface area (Å²) in [7, 11) is 0. The Balaban J connectivity index is 2.53. The minimum Gasteiger partial charge on any atom is -0.293 e. The van der Waals surface area contributed by atoms with Crippen molar-refractivity contribution in [3.05, 3.63) is 0 Å². The van der Waals surface area contributed by atoms with E-state index in [-0.39, 0.29) is 5.91 Å². The van der Waals surface area contributed by atoms with Crippen molar-refractivity contribution in [3.63, 3.8) is 0 Å². The number of nitrogens with two attached hydrogens (primary N) is 1. The summed E-state index contributed by atoms with van der Waals surface area (Å²) in [5.74, 6) is 6.31. The van der Waals surface area contributed by atoms with Crippen LogP contribution in [0.3, 0.4) is 0 Å². The second kappa shape index (κ2) is 4.75. The van der Waals surface area contributed by atoms with Gasteiger partial charge in [-0.1, -0.05) is 13.8 Å². The third-order valence-corrected chi connectivity index (χ3v) is 3.23. The number of amides is 1. The monoisotopic (exact) mass is 199 g/mol. The summed E-state index contributed by atoms with van der Waals surface area (Å²) in [5, 5.41) is 0. The highest BCUT2D eigenvalue weighted by Crippen LogP contribution is 2.26. The molecule has 0 saturated carbocycles. The van der Waals surface area contributed by atoms with E-state index in [4.69, 9.17) is 5.84 Å². The molecule has 4 nitrogen and oxygen atoms in total. The quantitative estimate of drug-likeness (QED) is 0.383. The van der Waals surface area contributed by atoms with E-state index >= 15 is 0 Å². The first-order valence-electron chi connectivity index (χ1n) is 5.28. The van der Waals surface area contributed by atoms with Gasteiger partial charge in [-0.3, -0.25) is 15.1 Å². The predicted octanol–water partition coefficient (Wildman–Crippen LogP) is 0.343. The lowest BCUT2D eigenvalue weighted by atomic mass is 9.86. The molecule has 0 aliphatic carbocycles. The van der Waals surface area contributed by atoms with Crippen molar-refractivity contribution in [2.75, 3.05) is 13.1 Å². The van der Waals surface area contributed by atoms with E-state index in [9.17, 15) is 4.79 Å². The van der Waals surface area contributed by atoms with Crippen molar-refractivity contribution >= 4 is 5.91 Å². The molecule has 4 heteroatoms. The highest BCUT2D eigenvalue weighted by Gasteiger charge is 2.29. The molecule has 0 aromatic carbocycles. The topological polar surface area (TPSA) is 58.4 Å². The summed E-state index contributed by atoms with van der Waals surface area (Å²) in [6.07, 6.45) is 1.25. The Kier molecular flexibility index (Phi) is 3.89. The summed E-state index contributed by atoms with van der Waals surface area (Å²) in [6, 6.07) is 0.475. The van der Waals surface area contributed by atoms with E-state index in [1.54, 1.807) is 0 Å². The maximum Gasteiger partial charge on any atom is 0.248 e. The maximum atomic E-state index is 11.2. The van der Waals surface area contributed by atoms with Crippen LogP contribution in [0.15, 0.2) is 0 Å². The van der Waals surface area contributed by atoms with Crippen LogP contribution in [0.5, 0.6) is 0 Å². The number of hydrogen-bond acceptors (Lipinski definition) is 3. The van der Waals surface area contributed by atoms with Gasteiger partial charge in [0.15, 0.2) is 0 Å². The average Bonchev–Trinajstić information content (AvgIpc) is 2.13. The molecule has 0 aromatic heterocycles. The number of rotatable bonds is 2. The molecular formula is C10H21N3O. The van der Waals surface area contributed by atoms with E-state index in [0.717, 1.165) is 6.54 Å². The molecule has 1 amide bonds. The van der Waals surface area contributed by atoms with Gasteiger partial charge in [0.1, 0.15) is 0 Å².